The molecule has 2 atom stereocenters. The van der Waals surface area contributed by atoms with Crippen molar-refractivity contribution in [3.8, 4) is 5.69 Å². The summed E-state index contributed by atoms with van der Waals surface area (Å²) in [6.45, 7) is 4.34. The zero-order valence-corrected chi connectivity index (χ0v) is 19.0. The molecule has 4 nitrogen and oxygen atoms in total. The third kappa shape index (κ3) is 3.94. The van der Waals surface area contributed by atoms with E-state index in [1.54, 1.807) is 4.68 Å². The SMILES string of the molecule is Cc1[nH]n(-c2ccccc2)c(=O)c1[C@@H](c1ccccc1)[C@@H]1CCCC=C1N1CCCCC1. The van der Waals surface area contributed by atoms with Gasteiger partial charge >= 0.3 is 0 Å². The summed E-state index contributed by atoms with van der Waals surface area (Å²) in [6, 6.07) is 20.6. The summed E-state index contributed by atoms with van der Waals surface area (Å²) in [5, 5.41) is 3.38. The van der Waals surface area contributed by atoms with Crippen molar-refractivity contribution in [2.75, 3.05) is 13.1 Å². The summed E-state index contributed by atoms with van der Waals surface area (Å²) in [7, 11) is 0. The van der Waals surface area contributed by atoms with Crippen molar-refractivity contribution >= 4 is 0 Å². The van der Waals surface area contributed by atoms with E-state index in [9.17, 15) is 4.79 Å². The Morgan fingerprint density at radius 2 is 1.59 bits per heavy atom. The molecule has 2 aromatic carbocycles. The maximum atomic E-state index is 13.8. The lowest BCUT2D eigenvalue weighted by atomic mass is 9.74. The van der Waals surface area contributed by atoms with Crippen LogP contribution < -0.4 is 5.56 Å². The van der Waals surface area contributed by atoms with Gasteiger partial charge in [0.25, 0.3) is 5.56 Å². The van der Waals surface area contributed by atoms with Gasteiger partial charge in [-0.1, -0.05) is 54.6 Å². The van der Waals surface area contributed by atoms with Gasteiger partial charge < -0.3 is 4.90 Å². The number of allylic oxidation sites excluding steroid dienone is 2. The second-order valence-electron chi connectivity index (χ2n) is 9.23. The summed E-state index contributed by atoms with van der Waals surface area (Å²) >= 11 is 0. The monoisotopic (exact) mass is 427 g/mol. The minimum absolute atomic E-state index is 0.0541. The van der Waals surface area contributed by atoms with Gasteiger partial charge in [-0.15, -0.1) is 0 Å². The smallest absolute Gasteiger partial charge is 0.275 e. The van der Waals surface area contributed by atoms with Crippen LogP contribution in [0.5, 0.6) is 0 Å². The molecule has 1 aliphatic carbocycles. The number of para-hydroxylation sites is 1. The fraction of sp³-hybridized carbons (Fsp3) is 0.393. The molecule has 166 valence electrons. The second-order valence-corrected chi connectivity index (χ2v) is 9.23. The highest BCUT2D eigenvalue weighted by Gasteiger charge is 2.35. The summed E-state index contributed by atoms with van der Waals surface area (Å²) in [4.78, 5) is 16.4. The van der Waals surface area contributed by atoms with E-state index in [4.69, 9.17) is 0 Å². The lowest BCUT2D eigenvalue weighted by Gasteiger charge is -2.40. The fourth-order valence-corrected chi connectivity index (χ4v) is 5.69. The normalized spacial score (nSPS) is 20.1. The highest BCUT2D eigenvalue weighted by atomic mass is 16.1. The van der Waals surface area contributed by atoms with Crippen LogP contribution in [0.15, 0.2) is 77.2 Å². The first kappa shape index (κ1) is 20.9. The summed E-state index contributed by atoms with van der Waals surface area (Å²) < 4.78 is 1.72. The number of aromatic amines is 1. The minimum atomic E-state index is 0.0541. The number of aryl methyl sites for hydroxylation is 1. The molecular formula is C28H33N3O. The maximum Gasteiger partial charge on any atom is 0.275 e. The topological polar surface area (TPSA) is 41.0 Å². The van der Waals surface area contributed by atoms with Gasteiger partial charge in [-0.2, -0.15) is 0 Å². The number of rotatable bonds is 5. The minimum Gasteiger partial charge on any atom is -0.375 e. The zero-order valence-electron chi connectivity index (χ0n) is 19.0. The highest BCUT2D eigenvalue weighted by molar-refractivity contribution is 5.40. The third-order valence-electron chi connectivity index (χ3n) is 7.18. The molecule has 1 aromatic heterocycles. The van der Waals surface area contributed by atoms with Gasteiger partial charge in [-0.05, 0) is 63.1 Å². The molecule has 5 rings (SSSR count). The summed E-state index contributed by atoms with van der Waals surface area (Å²) in [6.07, 6.45) is 9.78. The Morgan fingerprint density at radius 1 is 0.906 bits per heavy atom. The van der Waals surface area contributed by atoms with E-state index in [-0.39, 0.29) is 11.5 Å². The number of likely N-dealkylation sites (tertiary alicyclic amines) is 1. The van der Waals surface area contributed by atoms with Gasteiger partial charge in [0.05, 0.1) is 5.69 Å². The Kier molecular flexibility index (Phi) is 6.02. The molecule has 1 fully saturated rings. The maximum absolute atomic E-state index is 13.8. The van der Waals surface area contributed by atoms with Crippen molar-refractivity contribution in [3.05, 3.63) is 99.6 Å². The van der Waals surface area contributed by atoms with Crippen LogP contribution >= 0.6 is 0 Å². The molecule has 0 saturated carbocycles. The molecule has 0 bridgehead atoms. The first-order chi connectivity index (χ1) is 15.7. The number of aromatic nitrogens is 2. The number of nitrogens with zero attached hydrogens (tertiary/aromatic N) is 2. The zero-order chi connectivity index (χ0) is 21.9. The highest BCUT2D eigenvalue weighted by Crippen LogP contribution is 2.43. The van der Waals surface area contributed by atoms with Gasteiger partial charge in [0, 0.05) is 41.9 Å². The molecule has 1 N–H and O–H groups in total. The second kappa shape index (κ2) is 9.23. The molecule has 1 saturated heterocycles. The number of H-pyrrole nitrogens is 1. The number of nitrogens with one attached hydrogen (secondary N) is 1. The van der Waals surface area contributed by atoms with Crippen LogP contribution in [0.25, 0.3) is 5.69 Å². The van der Waals surface area contributed by atoms with Gasteiger partial charge in [0.15, 0.2) is 0 Å². The molecule has 0 unspecified atom stereocenters. The molecule has 32 heavy (non-hydrogen) atoms. The Hall–Kier alpha value is -3.01. The van der Waals surface area contributed by atoms with Crippen molar-refractivity contribution in [3.63, 3.8) is 0 Å². The predicted octanol–water partition coefficient (Wildman–Crippen LogP) is 5.78. The number of piperidine rings is 1. The summed E-state index contributed by atoms with van der Waals surface area (Å²) in [5.74, 6) is 0.383. The van der Waals surface area contributed by atoms with Crippen LogP contribution in [-0.4, -0.2) is 27.8 Å². The van der Waals surface area contributed by atoms with Crippen molar-refractivity contribution in [2.45, 2.75) is 51.4 Å². The van der Waals surface area contributed by atoms with Crippen LogP contribution in [0, 0.1) is 12.8 Å². The van der Waals surface area contributed by atoms with E-state index in [1.807, 2.05) is 30.3 Å². The predicted molar refractivity (Wildman–Crippen MR) is 130 cm³/mol. The van der Waals surface area contributed by atoms with Crippen molar-refractivity contribution in [1.29, 1.82) is 0 Å². The van der Waals surface area contributed by atoms with E-state index >= 15 is 0 Å². The van der Waals surface area contributed by atoms with E-state index in [0.29, 0.717) is 5.92 Å². The molecule has 0 spiro atoms. The molecule has 0 amide bonds. The quantitative estimate of drug-likeness (QED) is 0.561. The molecule has 0 radical (unpaired) electrons. The first-order valence-corrected chi connectivity index (χ1v) is 12.1. The van der Waals surface area contributed by atoms with Crippen LogP contribution in [-0.2, 0) is 0 Å². The van der Waals surface area contributed by atoms with E-state index < -0.39 is 0 Å². The first-order valence-electron chi connectivity index (χ1n) is 12.1. The number of hydrogen-bond acceptors (Lipinski definition) is 2. The largest absolute Gasteiger partial charge is 0.375 e. The van der Waals surface area contributed by atoms with Crippen molar-refractivity contribution < 1.29 is 0 Å². The van der Waals surface area contributed by atoms with Crippen LogP contribution in [0.4, 0.5) is 0 Å². The van der Waals surface area contributed by atoms with Gasteiger partial charge in [0.1, 0.15) is 0 Å². The molecular weight excluding hydrogens is 394 g/mol. The van der Waals surface area contributed by atoms with Gasteiger partial charge in [0.2, 0.25) is 0 Å². The lowest BCUT2D eigenvalue weighted by Crippen LogP contribution is -2.36. The van der Waals surface area contributed by atoms with Crippen molar-refractivity contribution in [1.82, 2.24) is 14.7 Å². The third-order valence-corrected chi connectivity index (χ3v) is 7.18. The Bertz CT molecular complexity index is 1120. The molecule has 2 aliphatic rings. The summed E-state index contributed by atoms with van der Waals surface area (Å²) in [5.41, 5.74) is 5.55. The Labute approximate surface area is 190 Å². The van der Waals surface area contributed by atoms with Crippen LogP contribution in [0.2, 0.25) is 0 Å². The van der Waals surface area contributed by atoms with Crippen molar-refractivity contribution in [2.24, 2.45) is 5.92 Å². The Morgan fingerprint density at radius 3 is 2.31 bits per heavy atom. The van der Waals surface area contributed by atoms with Gasteiger partial charge in [-0.25, -0.2) is 4.68 Å². The number of benzene rings is 2. The standard InChI is InChI=1S/C28H33N3O/c1-21-26(28(32)31(29-21)23-15-7-3-8-16-23)27(22-13-5-2-6-14-22)24-17-9-10-18-25(24)30-19-11-4-12-20-30/h2-3,5-8,13-16,18,24,27,29H,4,9-12,17,19-20H2,1H3/t24-,27+/m1/s1. The Balaban J connectivity index is 1.63. The fourth-order valence-electron chi connectivity index (χ4n) is 5.69. The van der Waals surface area contributed by atoms with E-state index in [0.717, 1.165) is 42.9 Å². The van der Waals surface area contributed by atoms with Gasteiger partial charge in [-0.3, -0.25) is 9.89 Å². The van der Waals surface area contributed by atoms with Crippen LogP contribution in [0.1, 0.15) is 61.3 Å². The molecule has 1 aliphatic heterocycles. The van der Waals surface area contributed by atoms with E-state index in [2.05, 4.69) is 53.3 Å². The molecule has 4 heteroatoms. The van der Waals surface area contributed by atoms with E-state index in [1.165, 1.54) is 36.9 Å². The average molecular weight is 428 g/mol. The molecule has 2 heterocycles. The van der Waals surface area contributed by atoms with Crippen LogP contribution in [0.3, 0.4) is 0 Å². The lowest BCUT2D eigenvalue weighted by molar-refractivity contribution is 0.234. The number of hydrogen-bond donors (Lipinski definition) is 1. The average Bonchev–Trinajstić information content (AvgIpc) is 3.15. The molecule has 3 aromatic rings.